The first kappa shape index (κ1) is 52.4. The molecule has 0 aliphatic heterocycles. The summed E-state index contributed by atoms with van der Waals surface area (Å²) in [5.74, 6) is -2.05. The molecule has 6 aromatic rings. The fourth-order valence-electron chi connectivity index (χ4n) is 6.22. The van der Waals surface area contributed by atoms with Gasteiger partial charge in [-0.3, -0.25) is 22.8 Å². The monoisotopic (exact) mass is 1050 g/mol. The number of anilines is 2. The van der Waals surface area contributed by atoms with E-state index in [-0.39, 0.29) is 52.1 Å². The molecule has 0 heterocycles. The average molecular weight is 1050 g/mol. The van der Waals surface area contributed by atoms with Crippen molar-refractivity contribution in [2.45, 2.75) is 29.4 Å². The second kappa shape index (κ2) is 18.2. The first-order valence-corrected chi connectivity index (χ1v) is 25.6. The molecule has 0 spiro atoms. The van der Waals surface area contributed by atoms with E-state index in [4.69, 9.17) is 11.5 Å². The van der Waals surface area contributed by atoms with E-state index in [9.17, 15) is 88.0 Å². The maximum absolute atomic E-state index is 12.4. The number of aromatic hydroxyl groups is 2. The molecule has 6 rings (SSSR count). The van der Waals surface area contributed by atoms with E-state index in [1.165, 1.54) is 0 Å². The van der Waals surface area contributed by atoms with Gasteiger partial charge in [0, 0.05) is 10.8 Å². The number of rotatable bonds is 12. The van der Waals surface area contributed by atoms with Crippen LogP contribution in [0.3, 0.4) is 0 Å². The van der Waals surface area contributed by atoms with Gasteiger partial charge in [0.15, 0.2) is 11.5 Å². The molecule has 0 amide bonds. The summed E-state index contributed by atoms with van der Waals surface area (Å²) in [7, 11) is -31.4. The summed E-state index contributed by atoms with van der Waals surface area (Å²) in [6, 6.07) is 10.1. The van der Waals surface area contributed by atoms with Crippen LogP contribution in [-0.4, -0.2) is 88.0 Å². The van der Waals surface area contributed by atoms with E-state index < -0.39 is 146 Å². The number of hydrogen-bond donors (Lipinski definition) is 9. The molecule has 0 aliphatic rings. The summed E-state index contributed by atoms with van der Waals surface area (Å²) in [6.07, 6.45) is 1.95. The largest absolute Gasteiger partial charge is 1.00 e. The van der Waals surface area contributed by atoms with Gasteiger partial charge in [-0.15, -0.1) is 10.2 Å². The summed E-state index contributed by atoms with van der Waals surface area (Å²) >= 11 is 0. The summed E-state index contributed by atoms with van der Waals surface area (Å²) < 4.78 is 206. The van der Waals surface area contributed by atoms with E-state index in [1.54, 1.807) is 0 Å². The molecular weight excluding hydrogens is 1030 g/mol. The summed E-state index contributed by atoms with van der Waals surface area (Å²) in [5.41, 5.74) is 7.37. The van der Waals surface area contributed by atoms with Gasteiger partial charge in [-0.05, 0) is 59.7 Å². The third kappa shape index (κ3) is 10.9. The Labute approximate surface area is 399 Å². The van der Waals surface area contributed by atoms with Crippen molar-refractivity contribution in [1.29, 1.82) is 0 Å². The van der Waals surface area contributed by atoms with Crippen molar-refractivity contribution in [3.05, 3.63) is 83.9 Å². The number of nitrogens with two attached hydrogens (primary N) is 2. The minimum atomic E-state index is -5.48. The van der Waals surface area contributed by atoms with Crippen molar-refractivity contribution in [2.75, 3.05) is 11.5 Å². The van der Waals surface area contributed by atoms with Gasteiger partial charge >= 0.3 is 29.6 Å². The molecule has 348 valence electrons. The standard InChI is InChI=1S/C34H26N6O20S6.Na/c35-31-27(65(55,56)57)13-25(63(49,50)51)19-7-9-21(33(41)29(19)31)39-37-17-5-3-15(23(11-17)61(43,44)45)1-2-16-4-6-18(12-24(16)62(46,47)48)38-40-22-10-8-20-26(64(52,53)54)14-28(66(58,59)60)32(36)30(20)34(22)42;/h1-14,41-42H,35-36H2,(H,43,44,45)(H,46,47,48)(H,49,50,51)(H,52,53,54)(H,55,56,57)(H,58,59,60);/q;+1/p-1/b2-1+,39-37?,40-38?;. The predicted octanol–water partition coefficient (Wildman–Crippen LogP) is 1.71. The SMILES string of the molecule is Nc1c(S(=O)(=O)[O-])cc(S(=O)(=O)O)c2ccc(N=Nc3ccc(/C=C/c4ccc(N=Nc5ccc6c(S(=O)(=O)O)cc(S(=O)(=O)O)c(N)c6c5O)cc4S(=O)(=O)O)c(S(=O)(=O)O)c3)c(O)c12.[Na+]. The molecule has 33 heteroatoms. The average Bonchev–Trinajstić information content (AvgIpc) is 3.17. The fourth-order valence-corrected chi connectivity index (χ4v) is 10.5. The Balaban J connectivity index is 0.00000840. The Bertz CT molecular complexity index is 3670. The number of phenolic OH excluding ortho intramolecular Hbond substituents is 2. The van der Waals surface area contributed by atoms with E-state index in [0.29, 0.717) is 12.1 Å². The number of azo groups is 2. The van der Waals surface area contributed by atoms with Crippen LogP contribution in [0.25, 0.3) is 33.7 Å². The molecule has 0 saturated carbocycles. The van der Waals surface area contributed by atoms with E-state index >= 15 is 0 Å². The van der Waals surface area contributed by atoms with Gasteiger partial charge in [-0.1, -0.05) is 36.4 Å². The van der Waals surface area contributed by atoms with Crippen LogP contribution >= 0.6 is 0 Å². The zero-order valence-electron chi connectivity index (χ0n) is 32.9. The molecule has 0 aliphatic carbocycles. The van der Waals surface area contributed by atoms with Gasteiger partial charge < -0.3 is 26.2 Å². The third-order valence-corrected chi connectivity index (χ3v) is 14.5. The molecule has 0 aromatic heterocycles. The van der Waals surface area contributed by atoms with Crippen LogP contribution in [0.1, 0.15) is 11.1 Å². The van der Waals surface area contributed by atoms with Crippen molar-refractivity contribution in [2.24, 2.45) is 20.5 Å². The van der Waals surface area contributed by atoms with Crippen molar-refractivity contribution in [3.63, 3.8) is 0 Å². The Kier molecular flexibility index (Phi) is 14.2. The smallest absolute Gasteiger partial charge is 0.744 e. The molecule has 0 radical (unpaired) electrons. The maximum Gasteiger partial charge on any atom is 1.00 e. The van der Waals surface area contributed by atoms with Crippen LogP contribution in [0.2, 0.25) is 0 Å². The van der Waals surface area contributed by atoms with Crippen LogP contribution in [-0.2, 0) is 60.7 Å². The zero-order valence-corrected chi connectivity index (χ0v) is 39.8. The Morgan fingerprint density at radius 3 is 1.09 bits per heavy atom. The second-order valence-corrected chi connectivity index (χ2v) is 21.6. The van der Waals surface area contributed by atoms with Gasteiger partial charge in [-0.2, -0.15) is 52.3 Å². The molecule has 67 heavy (non-hydrogen) atoms. The Morgan fingerprint density at radius 1 is 0.433 bits per heavy atom. The van der Waals surface area contributed by atoms with Gasteiger partial charge in [0.1, 0.15) is 46.0 Å². The predicted molar refractivity (Wildman–Crippen MR) is 227 cm³/mol. The van der Waals surface area contributed by atoms with Crippen LogP contribution in [0.15, 0.2) is 123 Å². The Hall–Kier alpha value is -5.56. The number of hydrogen-bond acceptors (Lipinski definition) is 21. The number of nitrogen functional groups attached to an aromatic ring is 2. The van der Waals surface area contributed by atoms with E-state index in [1.807, 2.05) is 0 Å². The number of phenols is 2. The fraction of sp³-hybridized carbons (Fsp3) is 0. The molecule has 6 aromatic carbocycles. The molecule has 0 unspecified atom stereocenters. The zero-order chi connectivity index (χ0) is 49.3. The van der Waals surface area contributed by atoms with Crippen LogP contribution in [0, 0.1) is 0 Å². The topological polar surface area (TPSA) is 471 Å². The van der Waals surface area contributed by atoms with Gasteiger partial charge in [0.2, 0.25) is 0 Å². The van der Waals surface area contributed by atoms with Gasteiger partial charge in [-0.25, -0.2) is 8.42 Å². The van der Waals surface area contributed by atoms with E-state index in [2.05, 4.69) is 20.5 Å². The summed E-state index contributed by atoms with van der Waals surface area (Å²) in [5, 5.41) is 34.3. The summed E-state index contributed by atoms with van der Waals surface area (Å²) in [6.45, 7) is 0. The molecule has 11 N–H and O–H groups in total. The first-order valence-electron chi connectivity index (χ1n) is 17.0. The molecular formula is C34H25N6NaO20S6. The van der Waals surface area contributed by atoms with Crippen molar-refractivity contribution in [3.8, 4) is 11.5 Å². The van der Waals surface area contributed by atoms with Crippen LogP contribution in [0.4, 0.5) is 34.1 Å². The minimum Gasteiger partial charge on any atom is -0.744 e. The molecule has 26 nitrogen and oxygen atoms in total. The Morgan fingerprint density at radius 2 is 0.761 bits per heavy atom. The summed E-state index contributed by atoms with van der Waals surface area (Å²) in [4.78, 5) is -6.43. The van der Waals surface area contributed by atoms with E-state index in [0.717, 1.165) is 72.8 Å². The molecule has 0 fully saturated rings. The normalized spacial score (nSPS) is 13.3. The van der Waals surface area contributed by atoms with Gasteiger partial charge in [0.25, 0.3) is 50.6 Å². The number of fused-ring (bicyclic) bond motifs is 2. The van der Waals surface area contributed by atoms with Crippen molar-refractivity contribution < 1.29 is 118 Å². The van der Waals surface area contributed by atoms with Crippen LogP contribution < -0.4 is 41.0 Å². The number of benzene rings is 6. The molecule has 0 saturated heterocycles. The van der Waals surface area contributed by atoms with Gasteiger partial charge in [0.05, 0.1) is 38.4 Å². The maximum atomic E-state index is 12.4. The quantitative estimate of drug-likeness (QED) is 0.0277. The first-order chi connectivity index (χ1) is 30.2. The third-order valence-electron chi connectivity index (χ3n) is 9.08. The van der Waals surface area contributed by atoms with Crippen molar-refractivity contribution in [1.82, 2.24) is 0 Å². The second-order valence-electron chi connectivity index (χ2n) is 13.3. The molecule has 0 bridgehead atoms. The van der Waals surface area contributed by atoms with Crippen molar-refractivity contribution >= 4 is 129 Å². The van der Waals surface area contributed by atoms with Crippen LogP contribution in [0.5, 0.6) is 11.5 Å². The molecule has 0 atom stereocenters. The minimum absolute atomic E-state index is 0. The number of nitrogens with zero attached hydrogens (tertiary/aromatic N) is 4.